The van der Waals surface area contributed by atoms with Crippen molar-refractivity contribution in [1.29, 1.82) is 0 Å². The Hall–Kier alpha value is -2.75. The molecule has 0 unspecified atom stereocenters. The van der Waals surface area contributed by atoms with Crippen molar-refractivity contribution in [2.45, 2.75) is 13.8 Å². The molecule has 4 heteroatoms. The number of methoxy groups -OCH3 is 1. The molecule has 4 nitrogen and oxygen atoms in total. The third-order valence-electron chi connectivity index (χ3n) is 4.16. The molecule has 0 bridgehead atoms. The number of carbonyl (C=O) groups excluding carboxylic acids is 1. The summed E-state index contributed by atoms with van der Waals surface area (Å²) in [5.41, 5.74) is 3.48. The molecule has 25 heavy (non-hydrogen) atoms. The van der Waals surface area contributed by atoms with Crippen LogP contribution in [0, 0.1) is 5.92 Å². The van der Waals surface area contributed by atoms with Crippen molar-refractivity contribution in [3.05, 3.63) is 53.6 Å². The first kappa shape index (κ1) is 17.1. The second kappa shape index (κ2) is 7.01. The highest BCUT2D eigenvalue weighted by atomic mass is 16.5. The molecular weight excluding hydrogens is 314 g/mol. The van der Waals surface area contributed by atoms with Crippen molar-refractivity contribution < 1.29 is 14.3 Å². The number of fused-ring (bicyclic) bond motifs is 1. The number of benzene rings is 2. The van der Waals surface area contributed by atoms with Crippen molar-refractivity contribution in [2.75, 3.05) is 25.7 Å². The number of hydrogen-bond acceptors (Lipinski definition) is 3. The smallest absolute Gasteiger partial charge is 0.258 e. The molecule has 3 rings (SSSR count). The molecule has 2 aromatic rings. The van der Waals surface area contributed by atoms with E-state index >= 15 is 0 Å². The van der Waals surface area contributed by atoms with Gasteiger partial charge in [0, 0.05) is 18.2 Å². The molecule has 0 aliphatic carbocycles. The van der Waals surface area contributed by atoms with E-state index in [2.05, 4.69) is 13.8 Å². The van der Waals surface area contributed by atoms with E-state index in [-0.39, 0.29) is 5.91 Å². The van der Waals surface area contributed by atoms with Crippen LogP contribution in [0.3, 0.4) is 0 Å². The normalized spacial score (nSPS) is 15.0. The van der Waals surface area contributed by atoms with Crippen molar-refractivity contribution in [3.8, 4) is 11.5 Å². The number of anilines is 1. The van der Waals surface area contributed by atoms with Crippen LogP contribution in [0.4, 0.5) is 5.69 Å². The zero-order valence-electron chi connectivity index (χ0n) is 15.1. The van der Waals surface area contributed by atoms with E-state index in [9.17, 15) is 4.79 Å². The molecule has 1 heterocycles. The van der Waals surface area contributed by atoms with E-state index < -0.39 is 0 Å². The highest BCUT2D eigenvalue weighted by Crippen LogP contribution is 2.37. The molecule has 0 spiro atoms. The molecule has 2 aromatic carbocycles. The highest BCUT2D eigenvalue weighted by molar-refractivity contribution is 6.35. The fraction of sp³-hybridized carbons (Fsp3) is 0.286. The first-order valence-corrected chi connectivity index (χ1v) is 8.41. The number of likely N-dealkylation sites (N-methyl/N-ethyl adjacent to an activating group) is 1. The van der Waals surface area contributed by atoms with Gasteiger partial charge in [-0.1, -0.05) is 38.1 Å². The Labute approximate surface area is 148 Å². The van der Waals surface area contributed by atoms with Gasteiger partial charge >= 0.3 is 0 Å². The van der Waals surface area contributed by atoms with Gasteiger partial charge in [-0.15, -0.1) is 0 Å². The number of amides is 1. The second-order valence-corrected chi connectivity index (χ2v) is 6.55. The predicted molar refractivity (Wildman–Crippen MR) is 101 cm³/mol. The second-order valence-electron chi connectivity index (χ2n) is 6.55. The molecular formula is C21H23NO3. The first-order valence-electron chi connectivity index (χ1n) is 8.41. The number of carbonyl (C=O) groups is 1. The monoisotopic (exact) mass is 337 g/mol. The van der Waals surface area contributed by atoms with Gasteiger partial charge in [0.05, 0.1) is 19.4 Å². The maximum Gasteiger partial charge on any atom is 0.258 e. The molecule has 0 saturated heterocycles. The average molecular weight is 337 g/mol. The molecule has 1 aliphatic rings. The lowest BCUT2D eigenvalue weighted by Gasteiger charge is -2.13. The Morgan fingerprint density at radius 3 is 2.60 bits per heavy atom. The standard InChI is InChI=1S/C21H23NO3/c1-14(2)13-25-19-10-9-15(12-20(19)24-4)11-17-16-7-5-6-8-18(16)22(3)21(17)23/h5-12,14H,13H2,1-4H3/b17-11+. The van der Waals surface area contributed by atoms with Gasteiger partial charge in [0.2, 0.25) is 0 Å². The van der Waals surface area contributed by atoms with Crippen LogP contribution in [0.2, 0.25) is 0 Å². The minimum absolute atomic E-state index is 0.000279. The van der Waals surface area contributed by atoms with E-state index in [1.807, 2.05) is 48.5 Å². The van der Waals surface area contributed by atoms with Gasteiger partial charge in [0.1, 0.15) is 0 Å². The van der Waals surface area contributed by atoms with Crippen molar-refractivity contribution >= 4 is 23.2 Å². The SMILES string of the molecule is COc1cc(/C=C2/C(=O)N(C)c3ccccc32)ccc1OCC(C)C. The Bertz CT molecular complexity index is 824. The van der Waals surface area contributed by atoms with E-state index in [0.29, 0.717) is 29.6 Å². The zero-order valence-corrected chi connectivity index (χ0v) is 15.1. The van der Waals surface area contributed by atoms with Gasteiger partial charge in [0.15, 0.2) is 11.5 Å². The Morgan fingerprint density at radius 1 is 1.12 bits per heavy atom. The Kier molecular flexibility index (Phi) is 4.79. The number of hydrogen-bond donors (Lipinski definition) is 0. The summed E-state index contributed by atoms with van der Waals surface area (Å²) >= 11 is 0. The summed E-state index contributed by atoms with van der Waals surface area (Å²) in [7, 11) is 3.42. The Balaban J connectivity index is 1.95. The van der Waals surface area contributed by atoms with Crippen LogP contribution in [0.5, 0.6) is 11.5 Å². The van der Waals surface area contributed by atoms with Gasteiger partial charge in [-0.3, -0.25) is 4.79 Å². The van der Waals surface area contributed by atoms with Crippen LogP contribution in [-0.2, 0) is 4.79 Å². The maximum absolute atomic E-state index is 12.6. The molecule has 1 aliphatic heterocycles. The van der Waals surface area contributed by atoms with Crippen LogP contribution in [-0.4, -0.2) is 26.7 Å². The molecule has 0 saturated carbocycles. The fourth-order valence-electron chi connectivity index (χ4n) is 2.85. The molecule has 0 fully saturated rings. The number of ether oxygens (including phenoxy) is 2. The third kappa shape index (κ3) is 3.38. The summed E-state index contributed by atoms with van der Waals surface area (Å²) in [5.74, 6) is 1.82. The van der Waals surface area contributed by atoms with E-state index in [1.165, 1.54) is 0 Å². The largest absolute Gasteiger partial charge is 0.493 e. The predicted octanol–water partition coefficient (Wildman–Crippen LogP) is 4.25. The molecule has 0 aromatic heterocycles. The summed E-state index contributed by atoms with van der Waals surface area (Å²) < 4.78 is 11.2. The first-order chi connectivity index (χ1) is 12.0. The van der Waals surface area contributed by atoms with Gasteiger partial charge in [0.25, 0.3) is 5.91 Å². The third-order valence-corrected chi connectivity index (χ3v) is 4.16. The van der Waals surface area contributed by atoms with Crippen LogP contribution < -0.4 is 14.4 Å². The summed E-state index contributed by atoms with van der Waals surface area (Å²) in [6.07, 6.45) is 1.90. The lowest BCUT2D eigenvalue weighted by Crippen LogP contribution is -2.20. The van der Waals surface area contributed by atoms with Crippen LogP contribution in [0.15, 0.2) is 42.5 Å². The van der Waals surface area contributed by atoms with E-state index in [0.717, 1.165) is 16.8 Å². The molecule has 0 atom stereocenters. The summed E-state index contributed by atoms with van der Waals surface area (Å²) in [5, 5.41) is 0. The molecule has 0 N–H and O–H groups in total. The van der Waals surface area contributed by atoms with Gasteiger partial charge in [-0.25, -0.2) is 0 Å². The summed E-state index contributed by atoms with van der Waals surface area (Å²) in [6, 6.07) is 13.5. The Morgan fingerprint density at radius 2 is 1.88 bits per heavy atom. The minimum atomic E-state index is 0.000279. The van der Waals surface area contributed by atoms with Gasteiger partial charge in [-0.2, -0.15) is 0 Å². The summed E-state index contributed by atoms with van der Waals surface area (Å²) in [4.78, 5) is 14.2. The number of para-hydroxylation sites is 1. The molecule has 0 radical (unpaired) electrons. The highest BCUT2D eigenvalue weighted by Gasteiger charge is 2.29. The van der Waals surface area contributed by atoms with Crippen LogP contribution in [0.25, 0.3) is 11.6 Å². The fourth-order valence-corrected chi connectivity index (χ4v) is 2.85. The van der Waals surface area contributed by atoms with Crippen LogP contribution >= 0.6 is 0 Å². The van der Waals surface area contributed by atoms with E-state index in [1.54, 1.807) is 19.1 Å². The van der Waals surface area contributed by atoms with Crippen molar-refractivity contribution in [2.24, 2.45) is 5.92 Å². The van der Waals surface area contributed by atoms with Crippen LogP contribution in [0.1, 0.15) is 25.0 Å². The zero-order chi connectivity index (χ0) is 18.0. The van der Waals surface area contributed by atoms with Gasteiger partial charge < -0.3 is 14.4 Å². The summed E-state index contributed by atoms with van der Waals surface area (Å²) in [6.45, 7) is 4.84. The van der Waals surface area contributed by atoms with Crippen molar-refractivity contribution in [1.82, 2.24) is 0 Å². The lowest BCUT2D eigenvalue weighted by atomic mass is 10.0. The average Bonchev–Trinajstić information content (AvgIpc) is 2.85. The number of nitrogens with zero attached hydrogens (tertiary/aromatic N) is 1. The van der Waals surface area contributed by atoms with E-state index in [4.69, 9.17) is 9.47 Å². The molecule has 1 amide bonds. The quantitative estimate of drug-likeness (QED) is 0.766. The number of rotatable bonds is 5. The minimum Gasteiger partial charge on any atom is -0.493 e. The topological polar surface area (TPSA) is 38.8 Å². The molecule has 130 valence electrons. The lowest BCUT2D eigenvalue weighted by molar-refractivity contribution is -0.112. The van der Waals surface area contributed by atoms with Crippen molar-refractivity contribution in [3.63, 3.8) is 0 Å². The van der Waals surface area contributed by atoms with Gasteiger partial charge in [-0.05, 0) is 35.8 Å². The maximum atomic E-state index is 12.6.